The number of carbonyl (C=O) groups is 1. The van der Waals surface area contributed by atoms with Gasteiger partial charge < -0.3 is 10.4 Å². The first-order chi connectivity index (χ1) is 9.52. The van der Waals surface area contributed by atoms with Crippen LogP contribution in [-0.4, -0.2) is 23.7 Å². The molecule has 5 heteroatoms. The van der Waals surface area contributed by atoms with Crippen molar-refractivity contribution >= 4 is 5.91 Å². The predicted octanol–water partition coefficient (Wildman–Crippen LogP) is 2.35. The molecule has 0 heterocycles. The monoisotopic (exact) mass is 283 g/mol. The lowest BCUT2D eigenvalue weighted by molar-refractivity contribution is -0.122. The molecule has 0 aromatic heterocycles. The predicted molar refractivity (Wildman–Crippen MR) is 71.1 cm³/mol. The number of amides is 1. The summed E-state index contributed by atoms with van der Waals surface area (Å²) in [5.74, 6) is -1.62. The van der Waals surface area contributed by atoms with Crippen LogP contribution >= 0.6 is 0 Å². The van der Waals surface area contributed by atoms with E-state index < -0.39 is 17.7 Å². The molecule has 0 aliphatic heterocycles. The van der Waals surface area contributed by atoms with Gasteiger partial charge in [0.2, 0.25) is 5.91 Å². The molecule has 1 aliphatic carbocycles. The zero-order chi connectivity index (χ0) is 14.7. The van der Waals surface area contributed by atoms with E-state index in [0.717, 1.165) is 18.2 Å². The van der Waals surface area contributed by atoms with Crippen LogP contribution < -0.4 is 5.32 Å². The van der Waals surface area contributed by atoms with E-state index in [-0.39, 0.29) is 23.3 Å². The number of halogens is 2. The summed E-state index contributed by atoms with van der Waals surface area (Å²) >= 11 is 0. The third-order valence-corrected chi connectivity index (χ3v) is 3.73. The van der Waals surface area contributed by atoms with Gasteiger partial charge in [0, 0.05) is 12.5 Å². The van der Waals surface area contributed by atoms with E-state index in [1.165, 1.54) is 0 Å². The van der Waals surface area contributed by atoms with Crippen molar-refractivity contribution in [1.82, 2.24) is 5.32 Å². The van der Waals surface area contributed by atoms with Gasteiger partial charge in [-0.1, -0.05) is 6.92 Å². The maximum atomic E-state index is 13.6. The first-order valence-electron chi connectivity index (χ1n) is 6.93. The van der Waals surface area contributed by atoms with Crippen molar-refractivity contribution in [2.45, 2.75) is 38.2 Å². The van der Waals surface area contributed by atoms with Gasteiger partial charge in [-0.15, -0.1) is 0 Å². The second-order valence-corrected chi connectivity index (χ2v) is 5.26. The highest BCUT2D eigenvalue weighted by Gasteiger charge is 2.45. The van der Waals surface area contributed by atoms with Crippen LogP contribution in [-0.2, 0) is 4.79 Å². The summed E-state index contributed by atoms with van der Waals surface area (Å²) in [6, 6.07) is 3.33. The zero-order valence-electron chi connectivity index (χ0n) is 11.4. The molecule has 1 aliphatic rings. The lowest BCUT2D eigenvalue weighted by Crippen LogP contribution is -2.28. The van der Waals surface area contributed by atoms with Gasteiger partial charge in [0.1, 0.15) is 11.6 Å². The molecule has 2 rings (SSSR count). The second kappa shape index (κ2) is 6.31. The molecular formula is C15H19F2NO2. The normalized spacial score (nSPS) is 22.4. The van der Waals surface area contributed by atoms with Gasteiger partial charge in [0.25, 0.3) is 0 Å². The van der Waals surface area contributed by atoms with Crippen molar-refractivity contribution in [3.05, 3.63) is 35.4 Å². The fraction of sp³-hybridized carbons (Fsp3) is 0.533. The van der Waals surface area contributed by atoms with Gasteiger partial charge in [0.05, 0.1) is 6.10 Å². The first-order valence-corrected chi connectivity index (χ1v) is 6.93. The van der Waals surface area contributed by atoms with Crippen LogP contribution in [0.15, 0.2) is 18.2 Å². The van der Waals surface area contributed by atoms with Gasteiger partial charge in [-0.25, -0.2) is 8.78 Å². The van der Waals surface area contributed by atoms with Gasteiger partial charge in [-0.05, 0) is 48.9 Å². The number of aliphatic hydroxyl groups excluding tert-OH is 1. The Morgan fingerprint density at radius 2 is 2.25 bits per heavy atom. The van der Waals surface area contributed by atoms with Gasteiger partial charge >= 0.3 is 0 Å². The average Bonchev–Trinajstić information content (AvgIpc) is 3.21. The molecule has 1 aromatic rings. The average molecular weight is 283 g/mol. The van der Waals surface area contributed by atoms with E-state index in [1.807, 2.05) is 6.92 Å². The molecule has 3 unspecified atom stereocenters. The molecule has 0 radical (unpaired) electrons. The van der Waals surface area contributed by atoms with Crippen molar-refractivity contribution in [2.75, 3.05) is 6.54 Å². The summed E-state index contributed by atoms with van der Waals surface area (Å²) in [6.45, 7) is 2.28. The molecule has 0 spiro atoms. The van der Waals surface area contributed by atoms with E-state index in [2.05, 4.69) is 5.32 Å². The summed E-state index contributed by atoms with van der Waals surface area (Å²) < 4.78 is 26.7. The maximum Gasteiger partial charge on any atom is 0.223 e. The Labute approximate surface area is 117 Å². The van der Waals surface area contributed by atoms with E-state index in [1.54, 1.807) is 0 Å². The summed E-state index contributed by atoms with van der Waals surface area (Å²) in [4.78, 5) is 11.8. The van der Waals surface area contributed by atoms with Gasteiger partial charge in [-0.3, -0.25) is 4.79 Å². The molecular weight excluding hydrogens is 264 g/mol. The summed E-state index contributed by atoms with van der Waals surface area (Å²) in [5, 5.41) is 12.1. The minimum Gasteiger partial charge on any atom is -0.393 e. The van der Waals surface area contributed by atoms with Crippen LogP contribution in [0.3, 0.4) is 0 Å². The van der Waals surface area contributed by atoms with Crippen LogP contribution in [0.1, 0.15) is 37.7 Å². The van der Waals surface area contributed by atoms with Crippen molar-refractivity contribution in [2.24, 2.45) is 5.92 Å². The largest absolute Gasteiger partial charge is 0.393 e. The standard InChI is InChI=1S/C15H19F2NO2/c1-2-10(19)5-6-18-15(20)13-8-11(13)12-7-9(16)3-4-14(12)17/h3-4,7,10-11,13,19H,2,5-6,8H2,1H3,(H,18,20). The Morgan fingerprint density at radius 1 is 1.50 bits per heavy atom. The summed E-state index contributed by atoms with van der Waals surface area (Å²) in [5.41, 5.74) is 0.277. The van der Waals surface area contributed by atoms with Crippen molar-refractivity contribution in [3.8, 4) is 0 Å². The van der Waals surface area contributed by atoms with E-state index in [4.69, 9.17) is 0 Å². The molecule has 3 atom stereocenters. The Kier molecular flexibility index (Phi) is 4.70. The van der Waals surface area contributed by atoms with E-state index >= 15 is 0 Å². The molecule has 1 saturated carbocycles. The minimum absolute atomic E-state index is 0.151. The first kappa shape index (κ1) is 14.9. The van der Waals surface area contributed by atoms with Crippen LogP contribution in [0.25, 0.3) is 0 Å². The third-order valence-electron chi connectivity index (χ3n) is 3.73. The lowest BCUT2D eigenvalue weighted by atomic mass is 10.1. The molecule has 1 aromatic carbocycles. The molecule has 2 N–H and O–H groups in total. The number of carbonyl (C=O) groups excluding carboxylic acids is 1. The number of rotatable bonds is 6. The maximum absolute atomic E-state index is 13.6. The topological polar surface area (TPSA) is 49.3 Å². The molecule has 3 nitrogen and oxygen atoms in total. The number of nitrogens with one attached hydrogen (secondary N) is 1. The molecule has 1 fully saturated rings. The fourth-order valence-electron chi connectivity index (χ4n) is 2.32. The molecule has 20 heavy (non-hydrogen) atoms. The van der Waals surface area contributed by atoms with Crippen LogP contribution in [0.2, 0.25) is 0 Å². The molecule has 1 amide bonds. The molecule has 0 saturated heterocycles. The number of benzene rings is 1. The Balaban J connectivity index is 1.85. The highest BCUT2D eigenvalue weighted by Crippen LogP contribution is 2.48. The van der Waals surface area contributed by atoms with E-state index in [0.29, 0.717) is 25.8 Å². The number of hydrogen-bond acceptors (Lipinski definition) is 2. The SMILES string of the molecule is CCC(O)CCNC(=O)C1CC1c1cc(F)ccc1F. The summed E-state index contributed by atoms with van der Waals surface area (Å²) in [7, 11) is 0. The second-order valence-electron chi connectivity index (χ2n) is 5.26. The lowest BCUT2D eigenvalue weighted by Gasteiger charge is -2.09. The highest BCUT2D eigenvalue weighted by atomic mass is 19.1. The minimum atomic E-state index is -0.487. The number of hydrogen-bond donors (Lipinski definition) is 2. The highest BCUT2D eigenvalue weighted by molar-refractivity contribution is 5.82. The van der Waals surface area contributed by atoms with E-state index in [9.17, 15) is 18.7 Å². The van der Waals surface area contributed by atoms with Crippen molar-refractivity contribution in [3.63, 3.8) is 0 Å². The zero-order valence-corrected chi connectivity index (χ0v) is 11.4. The van der Waals surface area contributed by atoms with Gasteiger partial charge in [-0.2, -0.15) is 0 Å². The number of aliphatic hydroxyl groups is 1. The van der Waals surface area contributed by atoms with Crippen LogP contribution in [0.5, 0.6) is 0 Å². The van der Waals surface area contributed by atoms with Crippen LogP contribution in [0.4, 0.5) is 8.78 Å². The Morgan fingerprint density at radius 3 is 2.95 bits per heavy atom. The Bertz CT molecular complexity index is 493. The quantitative estimate of drug-likeness (QED) is 0.842. The Hall–Kier alpha value is -1.49. The molecule has 0 bridgehead atoms. The fourth-order valence-corrected chi connectivity index (χ4v) is 2.32. The third kappa shape index (κ3) is 3.54. The van der Waals surface area contributed by atoms with Gasteiger partial charge in [0.15, 0.2) is 0 Å². The smallest absolute Gasteiger partial charge is 0.223 e. The summed E-state index contributed by atoms with van der Waals surface area (Å²) in [6.07, 6.45) is 1.29. The van der Waals surface area contributed by atoms with Crippen molar-refractivity contribution in [1.29, 1.82) is 0 Å². The van der Waals surface area contributed by atoms with Crippen molar-refractivity contribution < 1.29 is 18.7 Å². The molecule has 110 valence electrons. The van der Waals surface area contributed by atoms with Crippen LogP contribution in [0, 0.1) is 17.6 Å².